The molecular formula is C9H19NO2. The lowest BCUT2D eigenvalue weighted by molar-refractivity contribution is 0.0149. The number of hydrogen-bond donors (Lipinski definition) is 1. The Morgan fingerprint density at radius 1 is 1.58 bits per heavy atom. The summed E-state index contributed by atoms with van der Waals surface area (Å²) in [5, 5.41) is 8.81. The number of methoxy groups -OCH3 is 1. The summed E-state index contributed by atoms with van der Waals surface area (Å²) in [6.07, 6.45) is 1.09. The third kappa shape index (κ3) is 2.44. The van der Waals surface area contributed by atoms with Crippen LogP contribution in [-0.4, -0.2) is 49.5 Å². The van der Waals surface area contributed by atoms with Crippen LogP contribution in [-0.2, 0) is 4.74 Å². The molecule has 1 aliphatic heterocycles. The largest absolute Gasteiger partial charge is 0.396 e. The van der Waals surface area contributed by atoms with Gasteiger partial charge in [0.05, 0.1) is 0 Å². The summed E-state index contributed by atoms with van der Waals surface area (Å²) in [6, 6.07) is 0.604. The van der Waals surface area contributed by atoms with Crippen molar-refractivity contribution in [2.75, 3.05) is 33.4 Å². The summed E-state index contributed by atoms with van der Waals surface area (Å²) in [5.74, 6) is 0.523. The lowest BCUT2D eigenvalue weighted by Crippen LogP contribution is -2.52. The Labute approximate surface area is 74.3 Å². The predicted octanol–water partition coefficient (Wildman–Crippen LogP) is 0.336. The third-order valence-corrected chi connectivity index (χ3v) is 2.61. The lowest BCUT2D eigenvalue weighted by Gasteiger charge is -2.42. The summed E-state index contributed by atoms with van der Waals surface area (Å²) >= 11 is 0. The molecule has 0 saturated carbocycles. The molecule has 72 valence electrons. The van der Waals surface area contributed by atoms with Gasteiger partial charge in [0.1, 0.15) is 0 Å². The van der Waals surface area contributed by atoms with Crippen molar-refractivity contribution < 1.29 is 9.84 Å². The Morgan fingerprint density at radius 3 is 2.75 bits per heavy atom. The average Bonchev–Trinajstić information content (AvgIpc) is 1.99. The highest BCUT2D eigenvalue weighted by atomic mass is 16.5. The van der Waals surface area contributed by atoms with E-state index >= 15 is 0 Å². The van der Waals surface area contributed by atoms with E-state index in [0.717, 1.165) is 26.1 Å². The third-order valence-electron chi connectivity index (χ3n) is 2.61. The van der Waals surface area contributed by atoms with Crippen LogP contribution in [0.3, 0.4) is 0 Å². The molecule has 0 aliphatic carbocycles. The average molecular weight is 173 g/mol. The van der Waals surface area contributed by atoms with Crippen LogP contribution in [0.2, 0.25) is 0 Å². The maximum absolute atomic E-state index is 8.81. The molecule has 0 spiro atoms. The molecule has 1 N–H and O–H groups in total. The van der Waals surface area contributed by atoms with E-state index in [1.54, 1.807) is 7.11 Å². The van der Waals surface area contributed by atoms with Gasteiger partial charge < -0.3 is 9.84 Å². The Hall–Kier alpha value is -0.120. The maximum atomic E-state index is 8.81. The molecule has 3 nitrogen and oxygen atoms in total. The van der Waals surface area contributed by atoms with E-state index < -0.39 is 0 Å². The molecular weight excluding hydrogens is 154 g/mol. The standard InChI is InChI=1S/C9H19NO2/c1-8(3-4-12-2)10-5-9(6-10)7-11/h8-9,11H,3-7H2,1-2H3. The molecule has 0 aromatic rings. The fourth-order valence-electron chi connectivity index (χ4n) is 1.56. The van der Waals surface area contributed by atoms with E-state index in [0.29, 0.717) is 18.6 Å². The molecule has 3 heteroatoms. The van der Waals surface area contributed by atoms with Crippen LogP contribution < -0.4 is 0 Å². The summed E-state index contributed by atoms with van der Waals surface area (Å²) in [4.78, 5) is 2.39. The van der Waals surface area contributed by atoms with Crippen LogP contribution in [0.25, 0.3) is 0 Å². The minimum atomic E-state index is 0.341. The molecule has 1 unspecified atom stereocenters. The second-order valence-electron chi connectivity index (χ2n) is 3.63. The van der Waals surface area contributed by atoms with Gasteiger partial charge in [-0.2, -0.15) is 0 Å². The van der Waals surface area contributed by atoms with E-state index in [4.69, 9.17) is 9.84 Å². The molecule has 1 heterocycles. The lowest BCUT2D eigenvalue weighted by atomic mass is 9.98. The van der Waals surface area contributed by atoms with E-state index in [9.17, 15) is 0 Å². The minimum Gasteiger partial charge on any atom is -0.396 e. The summed E-state index contributed by atoms with van der Waals surface area (Å²) in [5.41, 5.74) is 0. The topological polar surface area (TPSA) is 32.7 Å². The molecule has 12 heavy (non-hydrogen) atoms. The normalized spacial score (nSPS) is 22.2. The van der Waals surface area contributed by atoms with Gasteiger partial charge in [0, 0.05) is 45.4 Å². The molecule has 1 atom stereocenters. The Morgan fingerprint density at radius 2 is 2.25 bits per heavy atom. The van der Waals surface area contributed by atoms with E-state index in [1.807, 2.05) is 0 Å². The van der Waals surface area contributed by atoms with Gasteiger partial charge in [-0.3, -0.25) is 4.90 Å². The van der Waals surface area contributed by atoms with Crippen molar-refractivity contribution in [1.82, 2.24) is 4.90 Å². The molecule has 0 aromatic heterocycles. The first-order valence-corrected chi connectivity index (χ1v) is 4.61. The van der Waals surface area contributed by atoms with Crippen LogP contribution >= 0.6 is 0 Å². The number of ether oxygens (including phenoxy) is 1. The van der Waals surface area contributed by atoms with E-state index in [2.05, 4.69) is 11.8 Å². The van der Waals surface area contributed by atoms with Gasteiger partial charge in [0.25, 0.3) is 0 Å². The van der Waals surface area contributed by atoms with Gasteiger partial charge in [-0.1, -0.05) is 0 Å². The first kappa shape index (κ1) is 9.96. The molecule has 1 aliphatic rings. The van der Waals surface area contributed by atoms with Gasteiger partial charge in [0.2, 0.25) is 0 Å². The zero-order valence-corrected chi connectivity index (χ0v) is 7.99. The van der Waals surface area contributed by atoms with Crippen molar-refractivity contribution in [2.24, 2.45) is 5.92 Å². The molecule has 1 fully saturated rings. The zero-order chi connectivity index (χ0) is 8.97. The number of likely N-dealkylation sites (tertiary alicyclic amines) is 1. The number of aliphatic hydroxyl groups is 1. The van der Waals surface area contributed by atoms with Crippen LogP contribution in [0.5, 0.6) is 0 Å². The highest BCUT2D eigenvalue weighted by molar-refractivity contribution is 4.82. The number of hydrogen-bond acceptors (Lipinski definition) is 3. The second kappa shape index (κ2) is 4.80. The molecule has 1 rings (SSSR count). The van der Waals surface area contributed by atoms with Gasteiger partial charge >= 0.3 is 0 Å². The number of nitrogens with zero attached hydrogens (tertiary/aromatic N) is 1. The summed E-state index contributed by atoms with van der Waals surface area (Å²) in [7, 11) is 1.74. The van der Waals surface area contributed by atoms with Crippen molar-refractivity contribution in [2.45, 2.75) is 19.4 Å². The van der Waals surface area contributed by atoms with Crippen molar-refractivity contribution >= 4 is 0 Å². The van der Waals surface area contributed by atoms with Crippen LogP contribution in [0, 0.1) is 5.92 Å². The summed E-state index contributed by atoms with van der Waals surface area (Å²) in [6.45, 7) is 5.50. The van der Waals surface area contributed by atoms with Gasteiger partial charge in [-0.05, 0) is 13.3 Å². The smallest absolute Gasteiger partial charge is 0.0483 e. The fraction of sp³-hybridized carbons (Fsp3) is 1.00. The molecule has 0 amide bonds. The van der Waals surface area contributed by atoms with E-state index in [1.165, 1.54) is 0 Å². The zero-order valence-electron chi connectivity index (χ0n) is 7.99. The van der Waals surface area contributed by atoms with Crippen molar-refractivity contribution in [3.63, 3.8) is 0 Å². The Bertz CT molecular complexity index is 121. The quantitative estimate of drug-likeness (QED) is 0.650. The number of rotatable bonds is 5. The van der Waals surface area contributed by atoms with Crippen LogP contribution in [0.15, 0.2) is 0 Å². The first-order valence-electron chi connectivity index (χ1n) is 4.61. The van der Waals surface area contributed by atoms with Crippen LogP contribution in [0.4, 0.5) is 0 Å². The minimum absolute atomic E-state index is 0.341. The van der Waals surface area contributed by atoms with Crippen LogP contribution in [0.1, 0.15) is 13.3 Å². The number of aliphatic hydroxyl groups excluding tert-OH is 1. The molecule has 0 radical (unpaired) electrons. The molecule has 1 saturated heterocycles. The molecule has 0 bridgehead atoms. The predicted molar refractivity (Wildman–Crippen MR) is 48.1 cm³/mol. The van der Waals surface area contributed by atoms with Crippen molar-refractivity contribution in [3.8, 4) is 0 Å². The van der Waals surface area contributed by atoms with Gasteiger partial charge in [0.15, 0.2) is 0 Å². The maximum Gasteiger partial charge on any atom is 0.0483 e. The highest BCUT2D eigenvalue weighted by Crippen LogP contribution is 2.19. The summed E-state index contributed by atoms with van der Waals surface area (Å²) < 4.78 is 5.01. The van der Waals surface area contributed by atoms with Gasteiger partial charge in [-0.25, -0.2) is 0 Å². The molecule has 0 aromatic carbocycles. The van der Waals surface area contributed by atoms with Crippen molar-refractivity contribution in [3.05, 3.63) is 0 Å². The fourth-order valence-corrected chi connectivity index (χ4v) is 1.56. The Balaban J connectivity index is 2.06. The van der Waals surface area contributed by atoms with Gasteiger partial charge in [-0.15, -0.1) is 0 Å². The van der Waals surface area contributed by atoms with Crippen molar-refractivity contribution in [1.29, 1.82) is 0 Å². The first-order chi connectivity index (χ1) is 5.77. The van der Waals surface area contributed by atoms with E-state index in [-0.39, 0.29) is 0 Å². The Kier molecular flexibility index (Phi) is 3.98. The highest BCUT2D eigenvalue weighted by Gasteiger charge is 2.28. The SMILES string of the molecule is COCCC(C)N1CC(CO)C1. The second-order valence-corrected chi connectivity index (χ2v) is 3.63. The monoisotopic (exact) mass is 173 g/mol.